The Kier molecular flexibility index (Phi) is 3.90. The van der Waals surface area contributed by atoms with Gasteiger partial charge in [0.1, 0.15) is 0 Å². The van der Waals surface area contributed by atoms with Crippen molar-refractivity contribution in [2.75, 3.05) is 19.0 Å². The molecule has 0 aliphatic carbocycles. The number of amides is 3. The Hall–Kier alpha value is -1.55. The van der Waals surface area contributed by atoms with Crippen molar-refractivity contribution >= 4 is 29.7 Å². The molecule has 1 aromatic rings. The molecule has 0 atom stereocenters. The SMILES string of the molecule is Cc1ccc(N(C=O)C(=O)N(C)C)cc1Cl. The van der Waals surface area contributed by atoms with Crippen molar-refractivity contribution in [2.45, 2.75) is 6.92 Å². The molecule has 0 saturated heterocycles. The van der Waals surface area contributed by atoms with Gasteiger partial charge in [0.15, 0.2) is 0 Å². The first-order chi connectivity index (χ1) is 7.47. The van der Waals surface area contributed by atoms with Gasteiger partial charge in [0.05, 0.1) is 5.69 Å². The van der Waals surface area contributed by atoms with Crippen LogP contribution in [0.2, 0.25) is 5.02 Å². The zero-order chi connectivity index (χ0) is 12.3. The van der Waals surface area contributed by atoms with Gasteiger partial charge >= 0.3 is 6.03 Å². The second kappa shape index (κ2) is 4.99. The van der Waals surface area contributed by atoms with Gasteiger partial charge in [0.2, 0.25) is 6.41 Å². The number of carbonyl (C=O) groups excluding carboxylic acids is 2. The molecule has 0 aliphatic rings. The largest absolute Gasteiger partial charge is 0.330 e. The Balaban J connectivity index is 3.09. The first kappa shape index (κ1) is 12.5. The maximum absolute atomic E-state index is 11.6. The fraction of sp³-hybridized carbons (Fsp3) is 0.273. The molecule has 0 saturated carbocycles. The average molecular weight is 241 g/mol. The van der Waals surface area contributed by atoms with E-state index in [4.69, 9.17) is 11.6 Å². The molecule has 1 aromatic carbocycles. The lowest BCUT2D eigenvalue weighted by Crippen LogP contribution is -2.38. The molecule has 0 N–H and O–H groups in total. The molecule has 3 amide bonds. The third kappa shape index (κ3) is 2.52. The van der Waals surface area contributed by atoms with Crippen LogP contribution in [0.25, 0.3) is 0 Å². The summed E-state index contributed by atoms with van der Waals surface area (Å²) in [6, 6.07) is 4.62. The van der Waals surface area contributed by atoms with Gasteiger partial charge in [-0.25, -0.2) is 9.69 Å². The highest BCUT2D eigenvalue weighted by Gasteiger charge is 2.17. The van der Waals surface area contributed by atoms with E-state index in [0.29, 0.717) is 17.1 Å². The van der Waals surface area contributed by atoms with Gasteiger partial charge in [-0.3, -0.25) is 4.79 Å². The predicted octanol–water partition coefficient (Wildman–Crippen LogP) is 2.29. The van der Waals surface area contributed by atoms with E-state index in [0.717, 1.165) is 10.5 Å². The number of aryl methyl sites for hydroxylation is 1. The van der Waals surface area contributed by atoms with Gasteiger partial charge < -0.3 is 4.90 Å². The first-order valence-corrected chi connectivity index (χ1v) is 5.07. The first-order valence-electron chi connectivity index (χ1n) is 4.69. The molecule has 0 unspecified atom stereocenters. The molecule has 0 heterocycles. The Morgan fingerprint density at radius 3 is 2.44 bits per heavy atom. The fourth-order valence-electron chi connectivity index (χ4n) is 1.16. The zero-order valence-electron chi connectivity index (χ0n) is 9.40. The Morgan fingerprint density at radius 1 is 1.38 bits per heavy atom. The van der Waals surface area contributed by atoms with Crippen LogP contribution < -0.4 is 4.90 Å². The second-order valence-electron chi connectivity index (χ2n) is 3.59. The standard InChI is InChI=1S/C11H13ClN2O2/c1-8-4-5-9(6-10(8)12)14(7-15)11(16)13(2)3/h4-7H,1-3H3. The predicted molar refractivity (Wildman–Crippen MR) is 63.8 cm³/mol. The number of anilines is 1. The van der Waals surface area contributed by atoms with E-state index in [-0.39, 0.29) is 0 Å². The number of hydrogen-bond acceptors (Lipinski definition) is 2. The summed E-state index contributed by atoms with van der Waals surface area (Å²) < 4.78 is 0. The third-order valence-corrected chi connectivity index (χ3v) is 2.53. The molecular formula is C11H13ClN2O2. The van der Waals surface area contributed by atoms with Gasteiger partial charge in [-0.15, -0.1) is 0 Å². The minimum absolute atomic E-state index is 0.407. The molecule has 1 rings (SSSR count). The van der Waals surface area contributed by atoms with E-state index < -0.39 is 6.03 Å². The van der Waals surface area contributed by atoms with E-state index in [9.17, 15) is 9.59 Å². The summed E-state index contributed by atoms with van der Waals surface area (Å²) in [7, 11) is 3.16. The average Bonchev–Trinajstić information content (AvgIpc) is 2.24. The van der Waals surface area contributed by atoms with E-state index in [1.165, 1.54) is 4.90 Å². The molecule has 0 spiro atoms. The Labute approximate surface area is 99.4 Å². The Bertz CT molecular complexity index is 418. The summed E-state index contributed by atoms with van der Waals surface area (Å²) >= 11 is 5.93. The van der Waals surface area contributed by atoms with Crippen molar-refractivity contribution in [3.05, 3.63) is 28.8 Å². The zero-order valence-corrected chi connectivity index (χ0v) is 10.2. The summed E-state index contributed by atoms with van der Waals surface area (Å²) in [4.78, 5) is 24.9. The van der Waals surface area contributed by atoms with E-state index in [1.807, 2.05) is 6.92 Å². The molecule has 0 aromatic heterocycles. The van der Waals surface area contributed by atoms with Crippen LogP contribution in [0.1, 0.15) is 5.56 Å². The molecule has 5 heteroatoms. The topological polar surface area (TPSA) is 40.6 Å². The van der Waals surface area contributed by atoms with Crippen molar-refractivity contribution in [2.24, 2.45) is 0 Å². The normalized spacial score (nSPS) is 9.75. The molecule has 4 nitrogen and oxygen atoms in total. The number of urea groups is 1. The van der Waals surface area contributed by atoms with Crippen LogP contribution in [0.3, 0.4) is 0 Å². The van der Waals surface area contributed by atoms with Gasteiger partial charge in [0, 0.05) is 19.1 Å². The maximum Gasteiger partial charge on any atom is 0.330 e. The highest BCUT2D eigenvalue weighted by atomic mass is 35.5. The van der Waals surface area contributed by atoms with Crippen molar-refractivity contribution in [3.8, 4) is 0 Å². The highest BCUT2D eigenvalue weighted by Crippen LogP contribution is 2.22. The van der Waals surface area contributed by atoms with Crippen molar-refractivity contribution in [3.63, 3.8) is 0 Å². The van der Waals surface area contributed by atoms with Gasteiger partial charge in [-0.2, -0.15) is 0 Å². The molecule has 0 fully saturated rings. The van der Waals surface area contributed by atoms with Crippen LogP contribution in [0.4, 0.5) is 10.5 Å². The van der Waals surface area contributed by atoms with Crippen LogP contribution in [0.5, 0.6) is 0 Å². The minimum Gasteiger partial charge on any atom is -0.330 e. The number of imide groups is 1. The second-order valence-corrected chi connectivity index (χ2v) is 3.99. The number of rotatable bonds is 2. The summed E-state index contributed by atoms with van der Waals surface area (Å²) in [5.74, 6) is 0. The van der Waals surface area contributed by atoms with Crippen molar-refractivity contribution < 1.29 is 9.59 Å². The molecule has 0 bridgehead atoms. The number of hydrogen-bond donors (Lipinski definition) is 0. The molecular weight excluding hydrogens is 228 g/mol. The number of carbonyl (C=O) groups is 2. The molecule has 0 radical (unpaired) electrons. The molecule has 86 valence electrons. The summed E-state index contributed by atoms with van der Waals surface area (Å²) in [5, 5.41) is 0.524. The van der Waals surface area contributed by atoms with Crippen LogP contribution in [-0.2, 0) is 4.79 Å². The van der Waals surface area contributed by atoms with Crippen molar-refractivity contribution in [1.82, 2.24) is 4.90 Å². The Morgan fingerprint density at radius 2 is 2.00 bits per heavy atom. The van der Waals surface area contributed by atoms with Crippen LogP contribution >= 0.6 is 11.6 Å². The van der Waals surface area contributed by atoms with Gasteiger partial charge in [-0.05, 0) is 24.6 Å². The monoisotopic (exact) mass is 240 g/mol. The lowest BCUT2D eigenvalue weighted by molar-refractivity contribution is -0.106. The lowest BCUT2D eigenvalue weighted by atomic mass is 10.2. The van der Waals surface area contributed by atoms with Crippen molar-refractivity contribution in [1.29, 1.82) is 0 Å². The maximum atomic E-state index is 11.6. The van der Waals surface area contributed by atoms with Gasteiger partial charge in [0.25, 0.3) is 0 Å². The van der Waals surface area contributed by atoms with Crippen LogP contribution in [-0.4, -0.2) is 31.4 Å². The number of nitrogens with zero attached hydrogens (tertiary/aromatic N) is 2. The fourth-order valence-corrected chi connectivity index (χ4v) is 1.34. The van der Waals surface area contributed by atoms with E-state index in [2.05, 4.69) is 0 Å². The third-order valence-electron chi connectivity index (χ3n) is 2.13. The summed E-state index contributed by atoms with van der Waals surface area (Å²) in [6.45, 7) is 1.85. The number of benzene rings is 1. The lowest BCUT2D eigenvalue weighted by Gasteiger charge is -2.20. The van der Waals surface area contributed by atoms with Gasteiger partial charge in [-0.1, -0.05) is 17.7 Å². The minimum atomic E-state index is -0.407. The van der Waals surface area contributed by atoms with E-state index >= 15 is 0 Å². The van der Waals surface area contributed by atoms with Crippen LogP contribution in [0, 0.1) is 6.92 Å². The van der Waals surface area contributed by atoms with Crippen LogP contribution in [0.15, 0.2) is 18.2 Å². The molecule has 16 heavy (non-hydrogen) atoms. The smallest absolute Gasteiger partial charge is 0.330 e. The number of halogens is 1. The summed E-state index contributed by atoms with van der Waals surface area (Å²) in [5.41, 5.74) is 1.36. The van der Waals surface area contributed by atoms with E-state index in [1.54, 1.807) is 32.3 Å². The highest BCUT2D eigenvalue weighted by molar-refractivity contribution is 6.31. The summed E-state index contributed by atoms with van der Waals surface area (Å²) in [6.07, 6.45) is 0.476. The molecule has 0 aliphatic heterocycles. The quantitative estimate of drug-likeness (QED) is 0.745.